The molecule has 0 bridgehead atoms. The quantitative estimate of drug-likeness (QED) is 0.732. The van der Waals surface area contributed by atoms with E-state index in [1.807, 2.05) is 32.9 Å². The number of ether oxygens (including phenoxy) is 2. The number of esters is 1. The number of carbonyl (C=O) groups is 2. The number of nitrogens with two attached hydrogens (primary N) is 1. The second-order valence-electron chi connectivity index (χ2n) is 5.59. The summed E-state index contributed by atoms with van der Waals surface area (Å²) in [4.78, 5) is 22.1. The molecular weight excluding hydrogens is 272 g/mol. The van der Waals surface area contributed by atoms with Crippen LogP contribution in [0.5, 0.6) is 5.75 Å². The van der Waals surface area contributed by atoms with Crippen molar-refractivity contribution in [1.82, 2.24) is 5.32 Å². The molecule has 0 unspecified atom stereocenters. The van der Waals surface area contributed by atoms with Crippen molar-refractivity contribution in [3.8, 4) is 5.75 Å². The molecule has 0 saturated heterocycles. The molecule has 3 N–H and O–H groups in total. The molecule has 6 nitrogen and oxygen atoms in total. The summed E-state index contributed by atoms with van der Waals surface area (Å²) < 4.78 is 10.3. The largest absolute Gasteiger partial charge is 0.484 e. The molecule has 0 aliphatic carbocycles. The van der Waals surface area contributed by atoms with Crippen LogP contribution in [0.3, 0.4) is 0 Å². The molecule has 1 rings (SSSR count). The van der Waals surface area contributed by atoms with Crippen molar-refractivity contribution in [3.63, 3.8) is 0 Å². The molecule has 0 aromatic heterocycles. The van der Waals surface area contributed by atoms with Gasteiger partial charge < -0.3 is 20.5 Å². The highest BCUT2D eigenvalue weighted by Gasteiger charge is 2.15. The second kappa shape index (κ2) is 7.64. The molecule has 116 valence electrons. The summed E-state index contributed by atoms with van der Waals surface area (Å²) in [7, 11) is 0. The van der Waals surface area contributed by atoms with Gasteiger partial charge in [-0.05, 0) is 38.5 Å². The first-order valence-electron chi connectivity index (χ1n) is 6.69. The van der Waals surface area contributed by atoms with Crippen LogP contribution in [0.25, 0.3) is 0 Å². The summed E-state index contributed by atoms with van der Waals surface area (Å²) in [6, 6.07) is 7.18. The van der Waals surface area contributed by atoms with Gasteiger partial charge in [0.2, 0.25) is 0 Å². The normalized spacial score (nSPS) is 11.0. The van der Waals surface area contributed by atoms with Crippen LogP contribution in [-0.2, 0) is 20.9 Å². The lowest BCUT2D eigenvalue weighted by Gasteiger charge is -2.19. The number of primary amides is 1. The summed E-state index contributed by atoms with van der Waals surface area (Å²) in [5, 5.41) is 3.00. The van der Waals surface area contributed by atoms with E-state index in [4.69, 9.17) is 15.2 Å². The van der Waals surface area contributed by atoms with Crippen molar-refractivity contribution < 1.29 is 19.1 Å². The Morgan fingerprint density at radius 2 is 1.81 bits per heavy atom. The number of nitrogens with one attached hydrogen (secondary N) is 1. The number of carbonyl (C=O) groups excluding carboxylic acids is 2. The van der Waals surface area contributed by atoms with Crippen LogP contribution in [0.2, 0.25) is 0 Å². The minimum atomic E-state index is -0.516. The van der Waals surface area contributed by atoms with Crippen molar-refractivity contribution in [3.05, 3.63) is 29.8 Å². The number of hydrogen-bond acceptors (Lipinski definition) is 5. The Morgan fingerprint density at radius 3 is 2.33 bits per heavy atom. The summed E-state index contributed by atoms with van der Waals surface area (Å²) in [5.41, 5.74) is 5.51. The number of rotatable bonds is 7. The van der Waals surface area contributed by atoms with Crippen LogP contribution in [0.15, 0.2) is 24.3 Å². The topological polar surface area (TPSA) is 90.7 Å². The number of amides is 1. The van der Waals surface area contributed by atoms with Gasteiger partial charge in [-0.1, -0.05) is 12.1 Å². The average Bonchev–Trinajstić information content (AvgIpc) is 2.35. The highest BCUT2D eigenvalue weighted by Crippen LogP contribution is 2.12. The molecule has 21 heavy (non-hydrogen) atoms. The average molecular weight is 294 g/mol. The minimum Gasteiger partial charge on any atom is -0.484 e. The van der Waals surface area contributed by atoms with Crippen LogP contribution >= 0.6 is 0 Å². The third kappa shape index (κ3) is 7.94. The van der Waals surface area contributed by atoms with Crippen molar-refractivity contribution in [2.24, 2.45) is 5.73 Å². The van der Waals surface area contributed by atoms with Gasteiger partial charge in [0, 0.05) is 6.54 Å². The number of hydrogen-bond donors (Lipinski definition) is 2. The Hall–Kier alpha value is -2.08. The zero-order valence-electron chi connectivity index (χ0n) is 12.6. The van der Waals surface area contributed by atoms with E-state index < -0.39 is 11.5 Å². The second-order valence-corrected chi connectivity index (χ2v) is 5.59. The van der Waals surface area contributed by atoms with Gasteiger partial charge >= 0.3 is 5.97 Å². The Morgan fingerprint density at radius 1 is 1.19 bits per heavy atom. The monoisotopic (exact) mass is 294 g/mol. The Kier molecular flexibility index (Phi) is 6.17. The molecule has 0 atom stereocenters. The van der Waals surface area contributed by atoms with Crippen LogP contribution in [-0.4, -0.2) is 30.6 Å². The van der Waals surface area contributed by atoms with Gasteiger partial charge in [-0.2, -0.15) is 0 Å². The molecule has 1 amide bonds. The van der Waals surface area contributed by atoms with E-state index in [1.165, 1.54) is 0 Å². The first kappa shape index (κ1) is 17.0. The third-order valence-corrected chi connectivity index (χ3v) is 2.32. The van der Waals surface area contributed by atoms with Gasteiger partial charge in [-0.15, -0.1) is 0 Å². The maximum atomic E-state index is 11.5. The van der Waals surface area contributed by atoms with Crippen LogP contribution < -0.4 is 15.8 Å². The Balaban J connectivity index is 2.33. The first-order valence-corrected chi connectivity index (χ1v) is 6.69. The first-order chi connectivity index (χ1) is 9.76. The lowest BCUT2D eigenvalue weighted by Crippen LogP contribution is -2.31. The van der Waals surface area contributed by atoms with Crippen LogP contribution in [0, 0.1) is 0 Å². The van der Waals surface area contributed by atoms with E-state index in [2.05, 4.69) is 5.32 Å². The molecule has 0 heterocycles. The fourth-order valence-electron chi connectivity index (χ4n) is 1.54. The number of benzene rings is 1. The predicted molar refractivity (Wildman–Crippen MR) is 78.7 cm³/mol. The molecule has 0 aliphatic rings. The van der Waals surface area contributed by atoms with Gasteiger partial charge in [0.25, 0.3) is 5.91 Å². The highest BCUT2D eigenvalue weighted by atomic mass is 16.6. The van der Waals surface area contributed by atoms with E-state index in [-0.39, 0.29) is 19.1 Å². The summed E-state index contributed by atoms with van der Waals surface area (Å²) in [6.07, 6.45) is 0. The Labute approximate surface area is 124 Å². The summed E-state index contributed by atoms with van der Waals surface area (Å²) in [5.74, 6) is -0.230. The highest BCUT2D eigenvalue weighted by molar-refractivity contribution is 5.75. The summed E-state index contributed by atoms with van der Waals surface area (Å²) in [6.45, 7) is 6.03. The SMILES string of the molecule is CC(C)(C)OC(=O)CNCc1ccc(OCC(N)=O)cc1. The molecule has 6 heteroatoms. The molecule has 0 saturated carbocycles. The minimum absolute atomic E-state index is 0.143. The van der Waals surface area contributed by atoms with E-state index in [0.29, 0.717) is 12.3 Å². The maximum absolute atomic E-state index is 11.5. The standard InChI is InChI=1S/C15H22N2O4/c1-15(2,3)21-14(19)9-17-8-11-4-6-12(7-5-11)20-10-13(16)18/h4-7,17H,8-10H2,1-3H3,(H2,16,18). The lowest BCUT2D eigenvalue weighted by molar-refractivity contribution is -0.153. The zero-order chi connectivity index (χ0) is 15.9. The van der Waals surface area contributed by atoms with Crippen molar-refractivity contribution in [1.29, 1.82) is 0 Å². The molecule has 1 aromatic rings. The molecule has 0 fully saturated rings. The fraction of sp³-hybridized carbons (Fsp3) is 0.467. The van der Waals surface area contributed by atoms with E-state index in [0.717, 1.165) is 5.56 Å². The predicted octanol–water partition coefficient (Wildman–Crippen LogP) is 0.982. The van der Waals surface area contributed by atoms with Gasteiger partial charge in [-0.25, -0.2) is 0 Å². The van der Waals surface area contributed by atoms with Crippen LogP contribution in [0.4, 0.5) is 0 Å². The molecule has 0 aliphatic heterocycles. The van der Waals surface area contributed by atoms with Crippen molar-refractivity contribution >= 4 is 11.9 Å². The van der Waals surface area contributed by atoms with Gasteiger partial charge in [0.15, 0.2) is 6.61 Å². The lowest BCUT2D eigenvalue weighted by atomic mass is 10.2. The van der Waals surface area contributed by atoms with Gasteiger partial charge in [-0.3, -0.25) is 9.59 Å². The Bertz CT molecular complexity index is 477. The zero-order valence-corrected chi connectivity index (χ0v) is 12.6. The van der Waals surface area contributed by atoms with Crippen molar-refractivity contribution in [2.75, 3.05) is 13.2 Å². The maximum Gasteiger partial charge on any atom is 0.320 e. The van der Waals surface area contributed by atoms with E-state index >= 15 is 0 Å². The van der Waals surface area contributed by atoms with Crippen molar-refractivity contribution in [2.45, 2.75) is 32.9 Å². The molecule has 0 spiro atoms. The summed E-state index contributed by atoms with van der Waals surface area (Å²) >= 11 is 0. The molecule has 1 aromatic carbocycles. The van der Waals surface area contributed by atoms with Gasteiger partial charge in [0.1, 0.15) is 11.4 Å². The van der Waals surface area contributed by atoms with Crippen LogP contribution in [0.1, 0.15) is 26.3 Å². The molecular formula is C15H22N2O4. The third-order valence-electron chi connectivity index (χ3n) is 2.32. The van der Waals surface area contributed by atoms with Gasteiger partial charge in [0.05, 0.1) is 6.54 Å². The smallest absolute Gasteiger partial charge is 0.320 e. The van der Waals surface area contributed by atoms with E-state index in [9.17, 15) is 9.59 Å². The molecule has 0 radical (unpaired) electrons. The fourth-order valence-corrected chi connectivity index (χ4v) is 1.54. The van der Waals surface area contributed by atoms with E-state index in [1.54, 1.807) is 12.1 Å².